The van der Waals surface area contributed by atoms with Crippen LogP contribution in [0.1, 0.15) is 21.5 Å². The Kier molecular flexibility index (Phi) is 5.66. The lowest BCUT2D eigenvalue weighted by Gasteiger charge is -2.09. The number of hydrogen-bond acceptors (Lipinski definition) is 3. The minimum Gasteiger partial charge on any atom is -0.489 e. The van der Waals surface area contributed by atoms with Crippen molar-refractivity contribution in [3.63, 3.8) is 0 Å². The molecule has 1 heterocycles. The molecule has 0 spiro atoms. The first-order chi connectivity index (χ1) is 13.0. The molecular weight excluding hydrogens is 347 g/mol. The lowest BCUT2D eigenvalue weighted by molar-refractivity contribution is 0.0950. The first kappa shape index (κ1) is 18.4. The zero-order valence-electron chi connectivity index (χ0n) is 14.8. The van der Waals surface area contributed by atoms with Crippen LogP contribution in [0.25, 0.3) is 0 Å². The minimum atomic E-state index is -0.306. The number of rotatable bonds is 6. The number of nitrogens with zero attached hydrogens (tertiary/aromatic N) is 1. The molecule has 1 N–H and O–H groups in total. The van der Waals surface area contributed by atoms with E-state index >= 15 is 0 Å². The Hall–Kier alpha value is -3.41. The van der Waals surface area contributed by atoms with Gasteiger partial charge in [0.15, 0.2) is 0 Å². The Morgan fingerprint density at radius 2 is 1.85 bits per heavy atom. The van der Waals surface area contributed by atoms with Crippen molar-refractivity contribution in [1.82, 2.24) is 9.88 Å². The third-order valence-corrected chi connectivity index (χ3v) is 4.04. The summed E-state index contributed by atoms with van der Waals surface area (Å²) in [6, 6.07) is 16.4. The molecule has 0 radical (unpaired) electrons. The van der Waals surface area contributed by atoms with E-state index in [9.17, 15) is 14.0 Å². The van der Waals surface area contributed by atoms with E-state index in [4.69, 9.17) is 4.74 Å². The summed E-state index contributed by atoms with van der Waals surface area (Å²) in [4.78, 5) is 23.7. The van der Waals surface area contributed by atoms with Gasteiger partial charge in [0.2, 0.25) is 0 Å². The number of pyridine rings is 1. The van der Waals surface area contributed by atoms with Crippen LogP contribution in [0, 0.1) is 5.82 Å². The molecule has 0 aliphatic carbocycles. The van der Waals surface area contributed by atoms with Crippen LogP contribution in [-0.4, -0.2) is 10.5 Å². The predicted molar refractivity (Wildman–Crippen MR) is 100 cm³/mol. The molecule has 0 saturated heterocycles. The maximum atomic E-state index is 13.2. The molecule has 6 heteroatoms. The molecule has 0 aliphatic heterocycles. The number of hydrogen-bond donors (Lipinski definition) is 1. The molecule has 3 aromatic rings. The molecule has 0 unspecified atom stereocenters. The Morgan fingerprint density at radius 3 is 2.56 bits per heavy atom. The third-order valence-electron chi connectivity index (χ3n) is 4.04. The summed E-state index contributed by atoms with van der Waals surface area (Å²) in [6.07, 6.45) is 1.56. The van der Waals surface area contributed by atoms with Crippen LogP contribution in [0.2, 0.25) is 0 Å². The summed E-state index contributed by atoms with van der Waals surface area (Å²) in [5.74, 6) is 0.0542. The Balaban J connectivity index is 1.53. The van der Waals surface area contributed by atoms with Gasteiger partial charge in [-0.05, 0) is 41.5 Å². The molecule has 2 aromatic carbocycles. The van der Waals surface area contributed by atoms with Gasteiger partial charge in [0.1, 0.15) is 18.2 Å². The molecule has 0 fully saturated rings. The van der Waals surface area contributed by atoms with Crippen molar-refractivity contribution in [1.29, 1.82) is 0 Å². The highest BCUT2D eigenvalue weighted by molar-refractivity contribution is 5.93. The van der Waals surface area contributed by atoms with Crippen molar-refractivity contribution in [2.75, 3.05) is 0 Å². The average Bonchev–Trinajstić information content (AvgIpc) is 2.67. The lowest BCUT2D eigenvalue weighted by Crippen LogP contribution is -2.25. The van der Waals surface area contributed by atoms with Gasteiger partial charge >= 0.3 is 0 Å². The first-order valence-corrected chi connectivity index (χ1v) is 8.42. The number of aryl methyl sites for hydroxylation is 1. The van der Waals surface area contributed by atoms with Crippen molar-refractivity contribution in [3.8, 4) is 5.75 Å². The summed E-state index contributed by atoms with van der Waals surface area (Å²) >= 11 is 0. The van der Waals surface area contributed by atoms with Gasteiger partial charge in [-0.15, -0.1) is 0 Å². The first-order valence-electron chi connectivity index (χ1n) is 8.42. The number of nitrogens with one attached hydrogen (secondary N) is 1. The smallest absolute Gasteiger partial charge is 0.251 e. The fourth-order valence-corrected chi connectivity index (χ4v) is 2.47. The van der Waals surface area contributed by atoms with Crippen LogP contribution in [0.5, 0.6) is 5.75 Å². The summed E-state index contributed by atoms with van der Waals surface area (Å²) in [7, 11) is 1.63. The summed E-state index contributed by atoms with van der Waals surface area (Å²) < 4.78 is 20.2. The van der Waals surface area contributed by atoms with Crippen LogP contribution in [0.15, 0.2) is 71.7 Å². The number of carbonyl (C=O) groups is 1. The van der Waals surface area contributed by atoms with Gasteiger partial charge in [0, 0.05) is 31.4 Å². The molecule has 0 atom stereocenters. The van der Waals surface area contributed by atoms with Crippen LogP contribution in [0.4, 0.5) is 4.39 Å². The number of amides is 1. The number of halogens is 1. The van der Waals surface area contributed by atoms with Crippen molar-refractivity contribution >= 4 is 5.91 Å². The van der Waals surface area contributed by atoms with E-state index in [0.29, 0.717) is 17.9 Å². The number of ether oxygens (including phenoxy) is 1. The average molecular weight is 366 g/mol. The Bertz CT molecular complexity index is 997. The Labute approximate surface area is 156 Å². The molecule has 0 aliphatic rings. The zero-order chi connectivity index (χ0) is 19.2. The molecule has 0 bridgehead atoms. The molecular formula is C21H19FN2O3. The maximum Gasteiger partial charge on any atom is 0.251 e. The lowest BCUT2D eigenvalue weighted by atomic mass is 10.2. The van der Waals surface area contributed by atoms with Gasteiger partial charge in [-0.2, -0.15) is 0 Å². The van der Waals surface area contributed by atoms with Gasteiger partial charge < -0.3 is 14.6 Å². The molecule has 27 heavy (non-hydrogen) atoms. The highest BCUT2D eigenvalue weighted by Gasteiger charge is 2.06. The normalized spacial score (nSPS) is 10.4. The van der Waals surface area contributed by atoms with Crippen molar-refractivity contribution in [3.05, 3.63) is 99.7 Å². The van der Waals surface area contributed by atoms with E-state index in [1.54, 1.807) is 43.6 Å². The molecule has 3 rings (SSSR count). The van der Waals surface area contributed by atoms with Gasteiger partial charge in [-0.1, -0.05) is 24.3 Å². The van der Waals surface area contributed by atoms with Crippen LogP contribution in [0.3, 0.4) is 0 Å². The minimum absolute atomic E-state index is 0.234. The second kappa shape index (κ2) is 8.31. The van der Waals surface area contributed by atoms with Gasteiger partial charge in [-0.25, -0.2) is 4.39 Å². The van der Waals surface area contributed by atoms with Crippen LogP contribution in [-0.2, 0) is 20.2 Å². The largest absolute Gasteiger partial charge is 0.489 e. The summed E-state index contributed by atoms with van der Waals surface area (Å²) in [5.41, 5.74) is 1.74. The van der Waals surface area contributed by atoms with E-state index in [-0.39, 0.29) is 23.9 Å². The van der Waals surface area contributed by atoms with Crippen molar-refractivity contribution in [2.45, 2.75) is 13.2 Å². The standard InChI is InChI=1S/C21H19FN2O3/c1-24-10-9-17(12-20(24)25)21(26)23-13-15-5-7-19(8-6-15)27-14-16-3-2-4-18(22)11-16/h2-12H,13-14H2,1H3,(H,23,26). The monoisotopic (exact) mass is 366 g/mol. The molecule has 0 saturated carbocycles. The third kappa shape index (κ3) is 5.04. The number of aromatic nitrogens is 1. The fraction of sp³-hybridized carbons (Fsp3) is 0.143. The number of carbonyl (C=O) groups excluding carboxylic acids is 1. The quantitative estimate of drug-likeness (QED) is 0.729. The topological polar surface area (TPSA) is 60.3 Å². The second-order valence-electron chi connectivity index (χ2n) is 6.11. The van der Waals surface area contributed by atoms with Gasteiger partial charge in [-0.3, -0.25) is 9.59 Å². The highest BCUT2D eigenvalue weighted by atomic mass is 19.1. The van der Waals surface area contributed by atoms with Gasteiger partial charge in [0.25, 0.3) is 11.5 Å². The molecule has 1 aromatic heterocycles. The molecule has 138 valence electrons. The van der Waals surface area contributed by atoms with Crippen molar-refractivity contribution in [2.24, 2.45) is 7.05 Å². The summed E-state index contributed by atoms with van der Waals surface area (Å²) in [6.45, 7) is 0.606. The van der Waals surface area contributed by atoms with E-state index in [1.807, 2.05) is 12.1 Å². The second-order valence-corrected chi connectivity index (χ2v) is 6.11. The van der Waals surface area contributed by atoms with E-state index < -0.39 is 0 Å². The van der Waals surface area contributed by atoms with Crippen LogP contribution >= 0.6 is 0 Å². The van der Waals surface area contributed by atoms with Gasteiger partial charge in [0.05, 0.1) is 0 Å². The van der Waals surface area contributed by atoms with Crippen LogP contribution < -0.4 is 15.6 Å². The number of benzene rings is 2. The van der Waals surface area contributed by atoms with E-state index in [0.717, 1.165) is 11.1 Å². The van der Waals surface area contributed by atoms with E-state index in [2.05, 4.69) is 5.32 Å². The molecule has 1 amide bonds. The zero-order valence-corrected chi connectivity index (χ0v) is 14.8. The molecule has 5 nitrogen and oxygen atoms in total. The fourth-order valence-electron chi connectivity index (χ4n) is 2.47. The highest BCUT2D eigenvalue weighted by Crippen LogP contribution is 2.15. The summed E-state index contributed by atoms with van der Waals surface area (Å²) in [5, 5.41) is 2.78. The maximum absolute atomic E-state index is 13.2. The SMILES string of the molecule is Cn1ccc(C(=O)NCc2ccc(OCc3cccc(F)c3)cc2)cc1=O. The Morgan fingerprint density at radius 1 is 1.07 bits per heavy atom. The van der Waals surface area contributed by atoms with Crippen molar-refractivity contribution < 1.29 is 13.9 Å². The van der Waals surface area contributed by atoms with E-state index in [1.165, 1.54) is 22.8 Å². The predicted octanol–water partition coefficient (Wildman–Crippen LogP) is 3.03.